The van der Waals surface area contributed by atoms with Crippen molar-refractivity contribution in [2.45, 2.75) is 32.0 Å². The van der Waals surface area contributed by atoms with Crippen molar-refractivity contribution in [3.8, 4) is 0 Å². The second-order valence-corrected chi connectivity index (χ2v) is 4.73. The first-order chi connectivity index (χ1) is 9.38. The Balaban J connectivity index is 2.17. The summed E-state index contributed by atoms with van der Waals surface area (Å²) in [5.74, 6) is 0.897. The molecule has 112 valence electrons. The Morgan fingerprint density at radius 2 is 2.00 bits per heavy atom. The van der Waals surface area contributed by atoms with Crippen LogP contribution < -0.4 is 10.6 Å². The second-order valence-electron chi connectivity index (χ2n) is 4.73. The molecule has 0 unspecified atom stereocenters. The van der Waals surface area contributed by atoms with Crippen LogP contribution in [-0.2, 0) is 12.8 Å². The van der Waals surface area contributed by atoms with Crippen molar-refractivity contribution in [1.29, 1.82) is 0 Å². The number of nitrogens with zero attached hydrogens (tertiary/aromatic N) is 2. The van der Waals surface area contributed by atoms with Gasteiger partial charge in [-0.15, -0.1) is 0 Å². The molecule has 2 rings (SSSR count). The van der Waals surface area contributed by atoms with E-state index in [1.807, 2.05) is 0 Å². The Kier molecular flexibility index (Phi) is 4.44. The van der Waals surface area contributed by atoms with Crippen LogP contribution in [0.1, 0.15) is 17.1 Å². The fourth-order valence-electron chi connectivity index (χ4n) is 2.12. The number of aryl methyl sites for hydroxylation is 1. The van der Waals surface area contributed by atoms with Gasteiger partial charge >= 0.3 is 6.18 Å². The van der Waals surface area contributed by atoms with Crippen LogP contribution >= 0.6 is 0 Å². The van der Waals surface area contributed by atoms with Gasteiger partial charge in [-0.1, -0.05) is 0 Å². The van der Waals surface area contributed by atoms with Crippen LogP contribution in [0.25, 0.3) is 0 Å². The number of nitrogens with one attached hydrogen (secondary N) is 2. The molecular formula is C12H17F3N4O. The summed E-state index contributed by atoms with van der Waals surface area (Å²) in [5.41, 5.74) is 1.68. The third-order valence-corrected chi connectivity index (χ3v) is 3.14. The van der Waals surface area contributed by atoms with Gasteiger partial charge in [-0.3, -0.25) is 0 Å². The van der Waals surface area contributed by atoms with Gasteiger partial charge in [-0.05, 0) is 19.9 Å². The van der Waals surface area contributed by atoms with Crippen LogP contribution in [0, 0.1) is 6.92 Å². The van der Waals surface area contributed by atoms with Gasteiger partial charge in [0, 0.05) is 18.5 Å². The molecule has 3 N–H and O–H groups in total. The molecule has 20 heavy (non-hydrogen) atoms. The lowest BCUT2D eigenvalue weighted by Crippen LogP contribution is -2.35. The molecule has 8 heteroatoms. The minimum atomic E-state index is -4.63. The number of aromatic nitrogens is 2. The molecule has 0 fully saturated rings. The van der Waals surface area contributed by atoms with Crippen LogP contribution in [-0.4, -0.2) is 47.0 Å². The van der Waals surface area contributed by atoms with Crippen molar-refractivity contribution in [3.05, 3.63) is 17.1 Å². The molecule has 2 heterocycles. The summed E-state index contributed by atoms with van der Waals surface area (Å²) < 4.78 is 36.9. The fourth-order valence-corrected chi connectivity index (χ4v) is 2.12. The molecule has 0 aromatic carbocycles. The van der Waals surface area contributed by atoms with Gasteiger partial charge in [0.25, 0.3) is 0 Å². The maximum atomic E-state index is 12.3. The molecule has 0 radical (unpaired) electrons. The summed E-state index contributed by atoms with van der Waals surface area (Å²) in [7, 11) is 0. The van der Waals surface area contributed by atoms with Crippen LogP contribution in [0.5, 0.6) is 0 Å². The number of aliphatic hydroxyl groups is 1. The Morgan fingerprint density at radius 1 is 1.30 bits per heavy atom. The van der Waals surface area contributed by atoms with Crippen molar-refractivity contribution in [2.24, 2.45) is 0 Å². The third-order valence-electron chi connectivity index (χ3n) is 3.14. The molecule has 1 aromatic heterocycles. The van der Waals surface area contributed by atoms with E-state index >= 15 is 0 Å². The summed E-state index contributed by atoms with van der Waals surface area (Å²) in [6.07, 6.45) is -5.67. The molecule has 0 aliphatic carbocycles. The van der Waals surface area contributed by atoms with Crippen molar-refractivity contribution in [3.63, 3.8) is 0 Å². The lowest BCUT2D eigenvalue weighted by molar-refractivity contribution is -0.198. The molecule has 1 atom stereocenters. The molecule has 5 nitrogen and oxygen atoms in total. The molecule has 0 amide bonds. The molecule has 0 spiro atoms. The first-order valence-corrected chi connectivity index (χ1v) is 6.43. The normalized spacial score (nSPS) is 17.2. The molecule has 1 aromatic rings. The van der Waals surface area contributed by atoms with Crippen molar-refractivity contribution in [1.82, 2.24) is 15.3 Å². The summed E-state index contributed by atoms with van der Waals surface area (Å²) in [6, 6.07) is 0. The first kappa shape index (κ1) is 15.0. The number of aliphatic hydroxyl groups excluding tert-OH is 1. The Bertz CT molecular complexity index is 479. The Morgan fingerprint density at radius 3 is 2.70 bits per heavy atom. The monoisotopic (exact) mass is 290 g/mol. The molecule has 1 aliphatic heterocycles. The van der Waals surface area contributed by atoms with E-state index < -0.39 is 18.8 Å². The van der Waals surface area contributed by atoms with E-state index in [9.17, 15) is 13.2 Å². The van der Waals surface area contributed by atoms with Gasteiger partial charge in [-0.25, -0.2) is 9.97 Å². The smallest absolute Gasteiger partial charge is 0.382 e. The highest BCUT2D eigenvalue weighted by molar-refractivity contribution is 5.47. The van der Waals surface area contributed by atoms with E-state index in [2.05, 4.69) is 20.6 Å². The topological polar surface area (TPSA) is 70.1 Å². The highest BCUT2D eigenvalue weighted by Crippen LogP contribution is 2.23. The largest absolute Gasteiger partial charge is 0.416 e. The summed E-state index contributed by atoms with van der Waals surface area (Å²) >= 11 is 0. The zero-order valence-corrected chi connectivity index (χ0v) is 11.1. The molecule has 1 aliphatic rings. The van der Waals surface area contributed by atoms with E-state index in [1.54, 1.807) is 6.92 Å². The van der Waals surface area contributed by atoms with E-state index in [-0.39, 0.29) is 0 Å². The minimum Gasteiger partial charge on any atom is -0.382 e. The van der Waals surface area contributed by atoms with E-state index in [0.29, 0.717) is 18.1 Å². The van der Waals surface area contributed by atoms with Crippen LogP contribution in [0.4, 0.5) is 19.0 Å². The van der Waals surface area contributed by atoms with E-state index in [4.69, 9.17) is 5.11 Å². The molecule has 0 saturated heterocycles. The zero-order chi connectivity index (χ0) is 14.8. The average molecular weight is 290 g/mol. The summed E-state index contributed by atoms with van der Waals surface area (Å²) in [4.78, 5) is 8.49. The third kappa shape index (κ3) is 3.57. The highest BCUT2D eigenvalue weighted by Gasteiger charge is 2.38. The zero-order valence-electron chi connectivity index (χ0n) is 11.1. The quantitative estimate of drug-likeness (QED) is 0.768. The van der Waals surface area contributed by atoms with Gasteiger partial charge in [-0.2, -0.15) is 13.2 Å². The highest BCUT2D eigenvalue weighted by atomic mass is 19.4. The number of fused-ring (bicyclic) bond motifs is 1. The predicted molar refractivity (Wildman–Crippen MR) is 67.6 cm³/mol. The summed E-state index contributed by atoms with van der Waals surface area (Å²) in [6.45, 7) is 2.60. The number of rotatable bonds is 3. The minimum absolute atomic E-state index is 0.388. The number of hydrogen-bond acceptors (Lipinski definition) is 5. The molecule has 0 bridgehead atoms. The Labute approximate surface area is 114 Å². The van der Waals surface area contributed by atoms with Crippen molar-refractivity contribution >= 4 is 5.82 Å². The van der Waals surface area contributed by atoms with Gasteiger partial charge < -0.3 is 15.7 Å². The summed E-state index contributed by atoms with van der Waals surface area (Å²) in [5, 5.41) is 14.8. The number of anilines is 1. The first-order valence-electron chi connectivity index (χ1n) is 6.43. The number of hydrogen-bond donors (Lipinski definition) is 3. The van der Waals surface area contributed by atoms with Crippen molar-refractivity contribution in [2.75, 3.05) is 25.0 Å². The van der Waals surface area contributed by atoms with Gasteiger partial charge in [0.15, 0.2) is 6.10 Å². The van der Waals surface area contributed by atoms with E-state index in [1.165, 1.54) is 0 Å². The van der Waals surface area contributed by atoms with Gasteiger partial charge in [0.1, 0.15) is 11.6 Å². The number of halogens is 3. The number of alkyl halides is 3. The Hall–Kier alpha value is -1.41. The lowest BCUT2D eigenvalue weighted by Gasteiger charge is -2.18. The van der Waals surface area contributed by atoms with Crippen LogP contribution in [0.2, 0.25) is 0 Å². The van der Waals surface area contributed by atoms with Crippen LogP contribution in [0.15, 0.2) is 0 Å². The fraction of sp³-hybridized carbons (Fsp3) is 0.667. The predicted octanol–water partition coefficient (Wildman–Crippen LogP) is 0.808. The standard InChI is InChI=1S/C12H17F3N4O/c1-7-18-9-3-5-16-4-2-8(9)11(19-7)17-6-10(20)12(13,14)15/h10,16,20H,2-6H2,1H3,(H,17,18,19)/t10-/m1/s1. The second kappa shape index (κ2) is 5.92. The lowest BCUT2D eigenvalue weighted by atomic mass is 10.1. The maximum Gasteiger partial charge on any atom is 0.416 e. The molecular weight excluding hydrogens is 273 g/mol. The average Bonchev–Trinajstić information content (AvgIpc) is 2.59. The van der Waals surface area contributed by atoms with Gasteiger partial charge in [0.2, 0.25) is 0 Å². The van der Waals surface area contributed by atoms with Gasteiger partial charge in [0.05, 0.1) is 12.2 Å². The van der Waals surface area contributed by atoms with Crippen molar-refractivity contribution < 1.29 is 18.3 Å². The maximum absolute atomic E-state index is 12.3. The van der Waals surface area contributed by atoms with E-state index in [0.717, 1.165) is 30.8 Å². The molecule has 0 saturated carbocycles. The SMILES string of the molecule is Cc1nc2c(c(NC[C@@H](O)C(F)(F)F)n1)CCNCC2. The van der Waals surface area contributed by atoms with Crippen LogP contribution in [0.3, 0.4) is 0 Å².